The maximum atomic E-state index is 11.5. The summed E-state index contributed by atoms with van der Waals surface area (Å²) >= 11 is 0. The van der Waals surface area contributed by atoms with Gasteiger partial charge in [0.15, 0.2) is 0 Å². The standard InChI is InChI=1S/C13H19NO2/c1-9-7-10(2)13(11(3)8-9)14-12(16)5-4-6-15/h7-8,15H,4-6H2,1-3H3,(H,14,16). The van der Waals surface area contributed by atoms with E-state index < -0.39 is 0 Å². The summed E-state index contributed by atoms with van der Waals surface area (Å²) in [7, 11) is 0. The van der Waals surface area contributed by atoms with Crippen molar-refractivity contribution in [2.45, 2.75) is 33.6 Å². The van der Waals surface area contributed by atoms with E-state index in [1.54, 1.807) is 0 Å². The highest BCUT2D eigenvalue weighted by Crippen LogP contribution is 2.22. The Morgan fingerprint density at radius 3 is 2.31 bits per heavy atom. The van der Waals surface area contributed by atoms with Crippen LogP contribution in [0.5, 0.6) is 0 Å². The summed E-state index contributed by atoms with van der Waals surface area (Å²) in [6.07, 6.45) is 0.874. The Hall–Kier alpha value is -1.35. The molecule has 1 rings (SSSR count). The summed E-state index contributed by atoms with van der Waals surface area (Å²) in [5.74, 6) is -0.0379. The van der Waals surface area contributed by atoms with Crippen LogP contribution in [0.15, 0.2) is 12.1 Å². The fourth-order valence-electron chi connectivity index (χ4n) is 1.82. The Bertz CT molecular complexity index is 363. The summed E-state index contributed by atoms with van der Waals surface area (Å²) in [6, 6.07) is 4.10. The van der Waals surface area contributed by atoms with Gasteiger partial charge in [0.25, 0.3) is 0 Å². The summed E-state index contributed by atoms with van der Waals surface area (Å²) in [5, 5.41) is 11.5. The van der Waals surface area contributed by atoms with E-state index in [2.05, 4.69) is 17.4 Å². The number of carbonyl (C=O) groups excluding carboxylic acids is 1. The molecular formula is C13H19NO2. The highest BCUT2D eigenvalue weighted by Gasteiger charge is 2.07. The predicted octanol–water partition coefficient (Wildman–Crippen LogP) is 2.32. The fourth-order valence-corrected chi connectivity index (χ4v) is 1.82. The molecule has 1 aromatic carbocycles. The number of benzene rings is 1. The fraction of sp³-hybridized carbons (Fsp3) is 0.462. The Morgan fingerprint density at radius 2 is 1.81 bits per heavy atom. The van der Waals surface area contributed by atoms with Gasteiger partial charge in [-0.3, -0.25) is 4.79 Å². The molecule has 0 spiro atoms. The van der Waals surface area contributed by atoms with Gasteiger partial charge in [0.1, 0.15) is 0 Å². The van der Waals surface area contributed by atoms with Crippen LogP contribution >= 0.6 is 0 Å². The lowest BCUT2D eigenvalue weighted by molar-refractivity contribution is -0.116. The minimum Gasteiger partial charge on any atom is -0.396 e. The van der Waals surface area contributed by atoms with Crippen LogP contribution in [-0.2, 0) is 4.79 Å². The Labute approximate surface area is 96.5 Å². The van der Waals surface area contributed by atoms with Crippen molar-refractivity contribution in [3.8, 4) is 0 Å². The zero-order valence-corrected chi connectivity index (χ0v) is 10.1. The molecule has 3 nitrogen and oxygen atoms in total. The summed E-state index contributed by atoms with van der Waals surface area (Å²) < 4.78 is 0. The van der Waals surface area contributed by atoms with Crippen molar-refractivity contribution in [1.82, 2.24) is 0 Å². The van der Waals surface area contributed by atoms with Crippen LogP contribution in [0.25, 0.3) is 0 Å². The number of aliphatic hydroxyl groups is 1. The summed E-state index contributed by atoms with van der Waals surface area (Å²) in [6.45, 7) is 6.07. The molecule has 0 heterocycles. The number of aliphatic hydroxyl groups excluding tert-OH is 1. The second kappa shape index (κ2) is 5.66. The van der Waals surface area contributed by atoms with Crippen molar-refractivity contribution in [2.75, 3.05) is 11.9 Å². The number of anilines is 1. The molecule has 1 aromatic rings. The van der Waals surface area contributed by atoms with E-state index in [0.29, 0.717) is 12.8 Å². The largest absolute Gasteiger partial charge is 0.396 e. The van der Waals surface area contributed by atoms with Gasteiger partial charge in [0.2, 0.25) is 5.91 Å². The van der Waals surface area contributed by atoms with E-state index in [1.807, 2.05) is 20.8 Å². The SMILES string of the molecule is Cc1cc(C)c(NC(=O)CCCO)c(C)c1. The minimum atomic E-state index is -0.0379. The Morgan fingerprint density at radius 1 is 1.25 bits per heavy atom. The van der Waals surface area contributed by atoms with Gasteiger partial charge in [-0.15, -0.1) is 0 Å². The number of nitrogens with one attached hydrogen (secondary N) is 1. The summed E-state index contributed by atoms with van der Waals surface area (Å²) in [5.41, 5.74) is 4.25. The Balaban J connectivity index is 2.77. The quantitative estimate of drug-likeness (QED) is 0.819. The lowest BCUT2D eigenvalue weighted by Crippen LogP contribution is -2.13. The number of hydrogen-bond acceptors (Lipinski definition) is 2. The van der Waals surface area contributed by atoms with E-state index in [0.717, 1.165) is 16.8 Å². The number of aryl methyl sites for hydroxylation is 3. The normalized spacial score (nSPS) is 10.2. The molecular weight excluding hydrogens is 202 g/mol. The molecule has 0 bridgehead atoms. The molecule has 0 saturated heterocycles. The maximum Gasteiger partial charge on any atom is 0.224 e. The number of amides is 1. The molecule has 2 N–H and O–H groups in total. The number of rotatable bonds is 4. The third-order valence-corrected chi connectivity index (χ3v) is 2.50. The van der Waals surface area contributed by atoms with Crippen LogP contribution in [0, 0.1) is 20.8 Å². The molecule has 0 saturated carbocycles. The third kappa shape index (κ3) is 3.35. The maximum absolute atomic E-state index is 11.5. The van der Waals surface area contributed by atoms with Gasteiger partial charge in [-0.2, -0.15) is 0 Å². The zero-order chi connectivity index (χ0) is 12.1. The average molecular weight is 221 g/mol. The molecule has 0 aliphatic carbocycles. The predicted molar refractivity (Wildman–Crippen MR) is 65.6 cm³/mol. The smallest absolute Gasteiger partial charge is 0.224 e. The van der Waals surface area contributed by atoms with Crippen molar-refractivity contribution in [2.24, 2.45) is 0 Å². The van der Waals surface area contributed by atoms with Crippen molar-refractivity contribution in [3.05, 3.63) is 28.8 Å². The molecule has 88 valence electrons. The first-order valence-corrected chi connectivity index (χ1v) is 5.53. The van der Waals surface area contributed by atoms with Crippen molar-refractivity contribution >= 4 is 11.6 Å². The van der Waals surface area contributed by atoms with Crippen LogP contribution < -0.4 is 5.32 Å². The molecule has 0 unspecified atom stereocenters. The van der Waals surface area contributed by atoms with Crippen LogP contribution in [0.3, 0.4) is 0 Å². The first-order chi connectivity index (χ1) is 7.54. The van der Waals surface area contributed by atoms with Gasteiger partial charge in [-0.25, -0.2) is 0 Å². The molecule has 0 atom stereocenters. The average Bonchev–Trinajstić information content (AvgIpc) is 2.20. The van der Waals surface area contributed by atoms with E-state index in [4.69, 9.17) is 5.11 Å². The topological polar surface area (TPSA) is 49.3 Å². The molecule has 0 aromatic heterocycles. The first-order valence-electron chi connectivity index (χ1n) is 5.53. The zero-order valence-electron chi connectivity index (χ0n) is 10.1. The molecule has 3 heteroatoms. The molecule has 0 radical (unpaired) electrons. The van der Waals surface area contributed by atoms with E-state index >= 15 is 0 Å². The van der Waals surface area contributed by atoms with Gasteiger partial charge in [-0.05, 0) is 38.3 Å². The second-order valence-corrected chi connectivity index (χ2v) is 4.15. The number of hydrogen-bond donors (Lipinski definition) is 2. The summed E-state index contributed by atoms with van der Waals surface area (Å²) in [4.78, 5) is 11.5. The first kappa shape index (κ1) is 12.7. The minimum absolute atomic E-state index is 0.0379. The van der Waals surface area contributed by atoms with Crippen molar-refractivity contribution < 1.29 is 9.90 Å². The number of carbonyl (C=O) groups is 1. The molecule has 0 aliphatic heterocycles. The van der Waals surface area contributed by atoms with Gasteiger partial charge in [0.05, 0.1) is 0 Å². The van der Waals surface area contributed by atoms with Crippen LogP contribution in [0.1, 0.15) is 29.5 Å². The third-order valence-electron chi connectivity index (χ3n) is 2.50. The highest BCUT2D eigenvalue weighted by atomic mass is 16.3. The molecule has 0 fully saturated rings. The van der Waals surface area contributed by atoms with Gasteiger partial charge >= 0.3 is 0 Å². The molecule has 16 heavy (non-hydrogen) atoms. The van der Waals surface area contributed by atoms with Gasteiger partial charge < -0.3 is 10.4 Å². The lowest BCUT2D eigenvalue weighted by atomic mass is 10.0. The molecule has 1 amide bonds. The van der Waals surface area contributed by atoms with Gasteiger partial charge in [-0.1, -0.05) is 17.7 Å². The second-order valence-electron chi connectivity index (χ2n) is 4.15. The van der Waals surface area contributed by atoms with Gasteiger partial charge in [0, 0.05) is 18.7 Å². The highest BCUT2D eigenvalue weighted by molar-refractivity contribution is 5.92. The van der Waals surface area contributed by atoms with Crippen LogP contribution in [-0.4, -0.2) is 17.6 Å². The Kier molecular flexibility index (Phi) is 4.50. The lowest BCUT2D eigenvalue weighted by Gasteiger charge is -2.12. The van der Waals surface area contributed by atoms with E-state index in [-0.39, 0.29) is 12.5 Å². The van der Waals surface area contributed by atoms with E-state index in [1.165, 1.54) is 5.56 Å². The monoisotopic (exact) mass is 221 g/mol. The van der Waals surface area contributed by atoms with Crippen LogP contribution in [0.4, 0.5) is 5.69 Å². The van der Waals surface area contributed by atoms with Crippen molar-refractivity contribution in [3.63, 3.8) is 0 Å². The van der Waals surface area contributed by atoms with E-state index in [9.17, 15) is 4.79 Å². The molecule has 0 aliphatic rings. The van der Waals surface area contributed by atoms with Crippen LogP contribution in [0.2, 0.25) is 0 Å². The van der Waals surface area contributed by atoms with Crippen molar-refractivity contribution in [1.29, 1.82) is 0 Å².